The molecule has 0 bridgehead atoms. The highest BCUT2D eigenvalue weighted by molar-refractivity contribution is 7.83. The van der Waals surface area contributed by atoms with Crippen molar-refractivity contribution in [3.8, 4) is 11.5 Å². The minimum Gasteiger partial charge on any atom is -0.507 e. The summed E-state index contributed by atoms with van der Waals surface area (Å²) in [5.74, 6) is -2.09. The van der Waals surface area contributed by atoms with Crippen molar-refractivity contribution in [2.75, 3.05) is 31.1 Å². The van der Waals surface area contributed by atoms with E-state index in [0.717, 1.165) is 0 Å². The predicted octanol–water partition coefficient (Wildman–Crippen LogP) is 3.31. The third kappa shape index (κ3) is 7.14. The van der Waals surface area contributed by atoms with Crippen LogP contribution >= 0.6 is 0 Å². The summed E-state index contributed by atoms with van der Waals surface area (Å²) in [5, 5.41) is 22.9. The largest absolute Gasteiger partial charge is 0.507 e. The number of aliphatic hydroxyl groups excluding tert-OH is 1. The van der Waals surface area contributed by atoms with Gasteiger partial charge in [-0.15, -0.1) is 4.83 Å². The van der Waals surface area contributed by atoms with Crippen molar-refractivity contribution >= 4 is 28.0 Å². The Labute approximate surface area is 251 Å². The number of carbonyl (C=O) groups excluding carboxylic acids is 2. The SMILES string of the molecule is O=C(Oc1ccc(C2C(CCC(O)c3ccc(F)cc3)C(=O)N2c2ccc(F)cc2)c(O)c1)N1CCN(NS(=O)(=O)O)CC1. The lowest BCUT2D eigenvalue weighted by Gasteiger charge is -2.48. The van der Waals surface area contributed by atoms with Crippen molar-refractivity contribution in [2.24, 2.45) is 5.92 Å². The lowest BCUT2D eigenvalue weighted by atomic mass is 9.78. The number of phenolic OH excluding ortho intramolecular Hbond substituents is 1. The van der Waals surface area contributed by atoms with Gasteiger partial charge in [0.1, 0.15) is 23.1 Å². The first-order valence-electron chi connectivity index (χ1n) is 13.7. The van der Waals surface area contributed by atoms with E-state index in [-0.39, 0.29) is 56.4 Å². The molecule has 2 fully saturated rings. The monoisotopic (exact) mass is 632 g/mol. The van der Waals surface area contributed by atoms with Gasteiger partial charge in [-0.3, -0.25) is 9.35 Å². The first-order chi connectivity index (χ1) is 20.9. The second-order valence-corrected chi connectivity index (χ2v) is 11.6. The Morgan fingerprint density at radius 2 is 1.59 bits per heavy atom. The van der Waals surface area contributed by atoms with E-state index in [1.165, 1.54) is 81.5 Å². The summed E-state index contributed by atoms with van der Waals surface area (Å²) >= 11 is 0. The van der Waals surface area contributed by atoms with Gasteiger partial charge in [0, 0.05) is 43.5 Å². The van der Waals surface area contributed by atoms with Gasteiger partial charge in [-0.25, -0.2) is 18.6 Å². The van der Waals surface area contributed by atoms with Crippen LogP contribution < -0.4 is 14.5 Å². The van der Waals surface area contributed by atoms with Crippen LogP contribution in [0.15, 0.2) is 66.7 Å². The molecule has 3 aromatic carbocycles. The van der Waals surface area contributed by atoms with E-state index >= 15 is 0 Å². The minimum atomic E-state index is -4.43. The molecule has 234 valence electrons. The van der Waals surface area contributed by atoms with Gasteiger partial charge in [0.2, 0.25) is 5.91 Å². The average molecular weight is 633 g/mol. The molecule has 15 heteroatoms. The van der Waals surface area contributed by atoms with Gasteiger partial charge < -0.3 is 24.7 Å². The van der Waals surface area contributed by atoms with Crippen LogP contribution in [0.2, 0.25) is 0 Å². The minimum absolute atomic E-state index is 0.0250. The highest BCUT2D eigenvalue weighted by Crippen LogP contribution is 2.49. The topological polar surface area (TPSA) is 160 Å². The number of ether oxygens (including phenoxy) is 1. The number of β-lactam (4-membered cyclic amide) rings is 1. The normalized spacial score (nSPS) is 19.9. The number of phenols is 1. The standard InChI is InChI=1S/C29H30F2N4O8S/c30-19-3-1-18(2-4-19)25(36)12-11-24-27(35(28(24)38)21-7-5-20(31)6-8-21)23-10-9-22(17-26(23)37)43-29(39)33-13-15-34(16-14-33)32-44(40,41)42/h1-10,17,24-25,27,32,36-37H,11-16H2,(H,40,41,42). The summed E-state index contributed by atoms with van der Waals surface area (Å²) in [7, 11) is -4.43. The average Bonchev–Trinajstić information content (AvgIpc) is 2.97. The van der Waals surface area contributed by atoms with Gasteiger partial charge in [0.25, 0.3) is 0 Å². The van der Waals surface area contributed by atoms with Crippen LogP contribution in [0.4, 0.5) is 19.3 Å². The molecule has 0 aliphatic carbocycles. The van der Waals surface area contributed by atoms with E-state index in [9.17, 15) is 37.0 Å². The summed E-state index contributed by atoms with van der Waals surface area (Å²) in [6.45, 7) is 0.415. The maximum Gasteiger partial charge on any atom is 0.415 e. The molecular formula is C29H30F2N4O8S. The molecule has 0 spiro atoms. The van der Waals surface area contributed by atoms with Gasteiger partial charge in [-0.05, 0) is 66.9 Å². The van der Waals surface area contributed by atoms with Crippen molar-refractivity contribution in [3.05, 3.63) is 89.5 Å². The fourth-order valence-electron chi connectivity index (χ4n) is 5.41. The maximum atomic E-state index is 13.6. The van der Waals surface area contributed by atoms with E-state index in [0.29, 0.717) is 16.8 Å². The molecule has 12 nitrogen and oxygen atoms in total. The van der Waals surface area contributed by atoms with Crippen molar-refractivity contribution in [1.29, 1.82) is 0 Å². The second-order valence-electron chi connectivity index (χ2n) is 10.5. The van der Waals surface area contributed by atoms with E-state index in [1.54, 1.807) is 0 Å². The van der Waals surface area contributed by atoms with Crippen LogP contribution in [0.1, 0.15) is 36.1 Å². The fraction of sp³-hybridized carbons (Fsp3) is 0.310. The number of nitrogens with zero attached hydrogens (tertiary/aromatic N) is 3. The molecule has 0 saturated carbocycles. The van der Waals surface area contributed by atoms with Crippen LogP contribution in [0.3, 0.4) is 0 Å². The molecule has 2 aliphatic rings. The summed E-state index contributed by atoms with van der Waals surface area (Å²) in [5.41, 5.74) is 1.25. The Bertz CT molecular complexity index is 1620. The van der Waals surface area contributed by atoms with Crippen LogP contribution in [0.25, 0.3) is 0 Å². The Balaban J connectivity index is 1.30. The number of hydrazine groups is 1. The second kappa shape index (κ2) is 12.8. The quantitative estimate of drug-likeness (QED) is 0.205. The number of halogens is 2. The number of anilines is 1. The zero-order valence-corrected chi connectivity index (χ0v) is 24.0. The number of aliphatic hydroxyl groups is 1. The molecule has 2 amide bonds. The number of rotatable bonds is 9. The smallest absolute Gasteiger partial charge is 0.415 e. The predicted molar refractivity (Wildman–Crippen MR) is 153 cm³/mol. The van der Waals surface area contributed by atoms with Gasteiger partial charge >= 0.3 is 16.4 Å². The van der Waals surface area contributed by atoms with Gasteiger partial charge in [-0.2, -0.15) is 8.42 Å². The summed E-state index contributed by atoms with van der Waals surface area (Å²) < 4.78 is 63.2. The van der Waals surface area contributed by atoms with E-state index in [4.69, 9.17) is 9.29 Å². The molecule has 4 N–H and O–H groups in total. The van der Waals surface area contributed by atoms with Crippen LogP contribution in [0.5, 0.6) is 11.5 Å². The van der Waals surface area contributed by atoms with Crippen molar-refractivity contribution < 1.29 is 46.3 Å². The summed E-state index contributed by atoms with van der Waals surface area (Å²) in [6, 6.07) is 14.3. The molecule has 2 saturated heterocycles. The Morgan fingerprint density at radius 1 is 0.977 bits per heavy atom. The summed E-state index contributed by atoms with van der Waals surface area (Å²) in [4.78, 5) is 30.7. The number of nitrogens with one attached hydrogen (secondary N) is 1. The van der Waals surface area contributed by atoms with E-state index in [1.807, 2.05) is 4.83 Å². The molecule has 3 atom stereocenters. The molecule has 2 heterocycles. The first-order valence-corrected chi connectivity index (χ1v) is 15.2. The molecule has 2 aliphatic heterocycles. The molecule has 3 aromatic rings. The van der Waals surface area contributed by atoms with Crippen molar-refractivity contribution in [2.45, 2.75) is 25.0 Å². The van der Waals surface area contributed by atoms with Crippen LogP contribution in [-0.4, -0.2) is 71.3 Å². The third-order valence-electron chi connectivity index (χ3n) is 7.63. The molecule has 0 aromatic heterocycles. The van der Waals surface area contributed by atoms with E-state index < -0.39 is 46.1 Å². The molecule has 3 unspecified atom stereocenters. The first kappa shape index (κ1) is 31.3. The number of amides is 2. The lowest BCUT2D eigenvalue weighted by molar-refractivity contribution is -0.131. The van der Waals surface area contributed by atoms with Crippen molar-refractivity contribution in [3.63, 3.8) is 0 Å². The molecule has 44 heavy (non-hydrogen) atoms. The number of carbonyl (C=O) groups is 2. The van der Waals surface area contributed by atoms with Crippen LogP contribution in [0, 0.1) is 17.6 Å². The Hall–Kier alpha value is -4.15. The zero-order chi connectivity index (χ0) is 31.6. The van der Waals surface area contributed by atoms with Gasteiger partial charge in [0.05, 0.1) is 18.1 Å². The van der Waals surface area contributed by atoms with Crippen molar-refractivity contribution in [1.82, 2.24) is 14.7 Å². The molecule has 5 rings (SSSR count). The molecule has 0 radical (unpaired) electrons. The van der Waals surface area contributed by atoms with Gasteiger partial charge in [-0.1, -0.05) is 12.1 Å². The van der Waals surface area contributed by atoms with Gasteiger partial charge in [0.15, 0.2) is 0 Å². The highest BCUT2D eigenvalue weighted by Gasteiger charge is 2.49. The van der Waals surface area contributed by atoms with Crippen LogP contribution in [-0.2, 0) is 15.1 Å². The Kier molecular flexibility index (Phi) is 9.12. The number of hydrogen-bond donors (Lipinski definition) is 4. The number of piperazine rings is 1. The maximum absolute atomic E-state index is 13.6. The number of benzene rings is 3. The van der Waals surface area contributed by atoms with E-state index in [2.05, 4.69) is 0 Å². The molecular weight excluding hydrogens is 602 g/mol. The number of hydrogen-bond acceptors (Lipinski definition) is 8. The third-order valence-corrected chi connectivity index (χ3v) is 8.12. The highest BCUT2D eigenvalue weighted by atomic mass is 32.2. The fourth-order valence-corrected chi connectivity index (χ4v) is 5.92. The number of aromatic hydroxyl groups is 1. The zero-order valence-electron chi connectivity index (χ0n) is 23.2. The Morgan fingerprint density at radius 3 is 2.18 bits per heavy atom. The summed E-state index contributed by atoms with van der Waals surface area (Å²) in [6.07, 6.45) is -1.28. The lowest BCUT2D eigenvalue weighted by Crippen LogP contribution is -2.55.